The highest BCUT2D eigenvalue weighted by atomic mass is 15.3. The van der Waals surface area contributed by atoms with Crippen LogP contribution in [0.4, 0.5) is 5.82 Å². The minimum absolute atomic E-state index is 0.478. The Morgan fingerprint density at radius 3 is 2.69 bits per heavy atom. The van der Waals surface area contributed by atoms with Gasteiger partial charge in [-0.1, -0.05) is 19.4 Å². The molecule has 3 aliphatic rings. The van der Waals surface area contributed by atoms with Gasteiger partial charge in [0, 0.05) is 49.4 Å². The molecule has 3 aliphatic heterocycles. The Labute approximate surface area is 171 Å². The van der Waals surface area contributed by atoms with Crippen LogP contribution in [-0.4, -0.2) is 39.9 Å². The van der Waals surface area contributed by atoms with Crippen molar-refractivity contribution in [2.75, 3.05) is 18.0 Å². The number of hydrogen-bond acceptors (Lipinski definition) is 5. The lowest BCUT2D eigenvalue weighted by molar-refractivity contribution is 0.225. The number of nitriles is 1. The van der Waals surface area contributed by atoms with Gasteiger partial charge in [-0.2, -0.15) is 10.4 Å². The zero-order valence-electron chi connectivity index (χ0n) is 17.0. The Kier molecular flexibility index (Phi) is 4.48. The molecule has 1 N–H and O–H groups in total. The van der Waals surface area contributed by atoms with E-state index >= 15 is 0 Å². The number of aromatic nitrogens is 3. The van der Waals surface area contributed by atoms with Gasteiger partial charge in [-0.25, -0.2) is 4.98 Å². The lowest BCUT2D eigenvalue weighted by Gasteiger charge is -2.48. The number of rotatable bonds is 5. The van der Waals surface area contributed by atoms with E-state index < -0.39 is 0 Å². The van der Waals surface area contributed by atoms with Crippen LogP contribution in [0.15, 0.2) is 30.5 Å². The molecule has 2 aromatic heterocycles. The SMILES string of the molecule is CCCCc1cc(-c2ccc(N3CC4CC(C3)N4)nc2)c2c(C#N)nn(C)c2c1. The maximum Gasteiger partial charge on any atom is 0.170 e. The third-order valence-electron chi connectivity index (χ3n) is 6.24. The van der Waals surface area contributed by atoms with Gasteiger partial charge in [0.1, 0.15) is 11.9 Å². The molecular formula is C23H26N6. The molecule has 29 heavy (non-hydrogen) atoms. The molecule has 0 aliphatic carbocycles. The van der Waals surface area contributed by atoms with Crippen LogP contribution in [0.2, 0.25) is 0 Å². The maximum absolute atomic E-state index is 9.62. The molecule has 0 saturated carbocycles. The number of hydrogen-bond donors (Lipinski definition) is 1. The second-order valence-electron chi connectivity index (χ2n) is 8.33. The molecule has 2 atom stereocenters. The van der Waals surface area contributed by atoms with Crippen LogP contribution in [0.3, 0.4) is 0 Å². The first-order valence-electron chi connectivity index (χ1n) is 10.5. The van der Waals surface area contributed by atoms with E-state index in [2.05, 4.69) is 52.6 Å². The number of piperazine rings is 1. The molecule has 3 fully saturated rings. The van der Waals surface area contributed by atoms with Gasteiger partial charge in [-0.3, -0.25) is 4.68 Å². The van der Waals surface area contributed by atoms with Crippen LogP contribution < -0.4 is 10.2 Å². The van der Waals surface area contributed by atoms with Crippen molar-refractivity contribution in [1.29, 1.82) is 5.26 Å². The second-order valence-corrected chi connectivity index (χ2v) is 8.33. The monoisotopic (exact) mass is 386 g/mol. The molecule has 0 radical (unpaired) electrons. The smallest absolute Gasteiger partial charge is 0.170 e. The number of benzene rings is 1. The summed E-state index contributed by atoms with van der Waals surface area (Å²) < 4.78 is 1.82. The average Bonchev–Trinajstić information content (AvgIpc) is 3.07. The number of piperidine rings is 1. The lowest BCUT2D eigenvalue weighted by atomic mass is 9.91. The second kappa shape index (κ2) is 7.16. The minimum Gasteiger partial charge on any atom is -0.353 e. The van der Waals surface area contributed by atoms with Gasteiger partial charge in [0.25, 0.3) is 0 Å². The standard InChI is InChI=1S/C23H26N6/c1-3-4-5-15-8-19(23-20(11-24)27-28(2)21(23)9-15)16-6-7-22(25-12-16)29-13-17-10-18(14-29)26-17/h6-9,12,17-18,26H,3-5,10,13-14H2,1-2H3. The molecule has 2 bridgehead atoms. The first-order chi connectivity index (χ1) is 14.2. The number of nitrogens with zero attached hydrogens (tertiary/aromatic N) is 5. The summed E-state index contributed by atoms with van der Waals surface area (Å²) in [4.78, 5) is 7.15. The van der Waals surface area contributed by atoms with Gasteiger partial charge in [0.2, 0.25) is 0 Å². The molecule has 3 saturated heterocycles. The van der Waals surface area contributed by atoms with Crippen LogP contribution in [0.5, 0.6) is 0 Å². The molecule has 1 aromatic carbocycles. The Bertz CT molecular complexity index is 1080. The van der Waals surface area contributed by atoms with Crippen molar-refractivity contribution in [3.05, 3.63) is 41.7 Å². The van der Waals surface area contributed by atoms with Crippen molar-refractivity contribution >= 4 is 16.7 Å². The van der Waals surface area contributed by atoms with E-state index in [4.69, 9.17) is 4.98 Å². The molecule has 2 unspecified atom stereocenters. The van der Waals surface area contributed by atoms with E-state index in [0.29, 0.717) is 17.8 Å². The van der Waals surface area contributed by atoms with Crippen LogP contribution in [0.1, 0.15) is 37.4 Å². The molecule has 5 heterocycles. The normalized spacial score (nSPS) is 20.5. The largest absolute Gasteiger partial charge is 0.353 e. The van der Waals surface area contributed by atoms with E-state index in [1.165, 1.54) is 12.0 Å². The van der Waals surface area contributed by atoms with Crippen molar-refractivity contribution in [2.45, 2.75) is 44.7 Å². The Morgan fingerprint density at radius 2 is 2.03 bits per heavy atom. The summed E-state index contributed by atoms with van der Waals surface area (Å²) in [5.74, 6) is 1.04. The highest BCUT2D eigenvalue weighted by Gasteiger charge is 2.36. The first kappa shape index (κ1) is 18.1. The van der Waals surface area contributed by atoms with Crippen molar-refractivity contribution in [1.82, 2.24) is 20.1 Å². The Balaban J connectivity index is 1.55. The Morgan fingerprint density at radius 1 is 1.24 bits per heavy atom. The summed E-state index contributed by atoms with van der Waals surface area (Å²) in [5, 5.41) is 18.5. The molecular weight excluding hydrogens is 360 g/mol. The molecule has 6 heteroatoms. The van der Waals surface area contributed by atoms with Crippen LogP contribution in [0, 0.1) is 11.3 Å². The number of anilines is 1. The van der Waals surface area contributed by atoms with E-state index in [0.717, 1.165) is 60.2 Å². The number of aryl methyl sites for hydroxylation is 2. The first-order valence-corrected chi connectivity index (χ1v) is 10.5. The predicted octanol–water partition coefficient (Wildman–Crippen LogP) is 3.40. The van der Waals surface area contributed by atoms with Crippen molar-refractivity contribution < 1.29 is 0 Å². The summed E-state index contributed by atoms with van der Waals surface area (Å²) in [7, 11) is 1.91. The fourth-order valence-corrected chi connectivity index (χ4v) is 4.71. The van der Waals surface area contributed by atoms with Crippen LogP contribution in [0.25, 0.3) is 22.0 Å². The van der Waals surface area contributed by atoms with Gasteiger partial charge in [0.05, 0.1) is 5.52 Å². The fraction of sp³-hybridized carbons (Fsp3) is 0.435. The third-order valence-corrected chi connectivity index (χ3v) is 6.24. The van der Waals surface area contributed by atoms with Gasteiger partial charge in [-0.05, 0) is 48.6 Å². The van der Waals surface area contributed by atoms with Crippen LogP contribution >= 0.6 is 0 Å². The molecule has 6 rings (SSSR count). The minimum atomic E-state index is 0.478. The summed E-state index contributed by atoms with van der Waals surface area (Å²) in [6, 6.07) is 12.1. The fourth-order valence-electron chi connectivity index (χ4n) is 4.71. The molecule has 0 amide bonds. The summed E-state index contributed by atoms with van der Waals surface area (Å²) in [5.41, 5.74) is 4.87. The topological polar surface area (TPSA) is 69.8 Å². The predicted molar refractivity (Wildman–Crippen MR) is 115 cm³/mol. The van der Waals surface area contributed by atoms with Crippen LogP contribution in [-0.2, 0) is 13.5 Å². The van der Waals surface area contributed by atoms with E-state index in [9.17, 15) is 5.26 Å². The van der Waals surface area contributed by atoms with E-state index in [1.54, 1.807) is 0 Å². The lowest BCUT2D eigenvalue weighted by Crippen LogP contribution is -2.67. The van der Waals surface area contributed by atoms with Gasteiger partial charge in [-0.15, -0.1) is 0 Å². The molecule has 3 aromatic rings. The number of pyridine rings is 1. The average molecular weight is 387 g/mol. The van der Waals surface area contributed by atoms with Gasteiger partial charge >= 0.3 is 0 Å². The van der Waals surface area contributed by atoms with Crippen molar-refractivity contribution in [3.8, 4) is 17.2 Å². The summed E-state index contributed by atoms with van der Waals surface area (Å²) in [6.07, 6.45) is 6.58. The van der Waals surface area contributed by atoms with E-state index in [1.807, 2.05) is 17.9 Å². The molecule has 0 spiro atoms. The number of unbranched alkanes of at least 4 members (excludes halogenated alkanes) is 1. The van der Waals surface area contributed by atoms with Gasteiger partial charge < -0.3 is 10.2 Å². The molecule has 148 valence electrons. The summed E-state index contributed by atoms with van der Waals surface area (Å²) >= 11 is 0. The van der Waals surface area contributed by atoms with E-state index in [-0.39, 0.29) is 0 Å². The maximum atomic E-state index is 9.62. The summed E-state index contributed by atoms with van der Waals surface area (Å²) in [6.45, 7) is 4.27. The molecule has 6 nitrogen and oxygen atoms in total. The van der Waals surface area contributed by atoms with Gasteiger partial charge in [0.15, 0.2) is 5.69 Å². The third kappa shape index (κ3) is 3.16. The van der Waals surface area contributed by atoms with Crippen molar-refractivity contribution in [2.24, 2.45) is 7.05 Å². The Hall–Kier alpha value is -2.91. The highest BCUT2D eigenvalue weighted by molar-refractivity contribution is 5.98. The highest BCUT2D eigenvalue weighted by Crippen LogP contribution is 2.34. The quantitative estimate of drug-likeness (QED) is 0.728. The zero-order valence-corrected chi connectivity index (χ0v) is 17.0. The number of fused-ring (bicyclic) bond motifs is 3. The number of nitrogens with one attached hydrogen (secondary N) is 1. The van der Waals surface area contributed by atoms with Crippen molar-refractivity contribution in [3.63, 3.8) is 0 Å². The zero-order chi connectivity index (χ0) is 20.0.